The van der Waals surface area contributed by atoms with Crippen molar-refractivity contribution in [1.82, 2.24) is 14.8 Å². The normalized spacial score (nSPS) is 10.9. The summed E-state index contributed by atoms with van der Waals surface area (Å²) < 4.78 is 21.1. The summed E-state index contributed by atoms with van der Waals surface area (Å²) in [7, 11) is 0. The zero-order valence-corrected chi connectivity index (χ0v) is 18.3. The fourth-order valence-corrected chi connectivity index (χ4v) is 3.66. The Morgan fingerprint density at radius 3 is 2.65 bits per heavy atom. The van der Waals surface area contributed by atoms with Crippen LogP contribution in [0.25, 0.3) is 11.4 Å². The number of hydrogen-bond acceptors (Lipinski definition) is 6. The number of hydrogen-bond donors (Lipinski definition) is 1. The van der Waals surface area contributed by atoms with Crippen LogP contribution in [-0.2, 0) is 16.1 Å². The van der Waals surface area contributed by atoms with Gasteiger partial charge in [-0.2, -0.15) is 0 Å². The van der Waals surface area contributed by atoms with Gasteiger partial charge in [0.05, 0.1) is 23.0 Å². The van der Waals surface area contributed by atoms with Gasteiger partial charge in [-0.15, -0.1) is 10.2 Å². The standard InChI is InChI=1S/C22H23FN4O3S/c1-4-27-20(17-10-5-6-11-18(17)23)25-26-22(27)31-13-19(28)24-16-9-7-8-15(12-16)21(29)30-14(2)3/h5-12,14H,4,13H2,1-3H3,(H,24,28). The quantitative estimate of drug-likeness (QED) is 0.411. The van der Waals surface area contributed by atoms with Crippen LogP contribution in [0.15, 0.2) is 53.7 Å². The molecule has 0 atom stereocenters. The number of thioether (sulfide) groups is 1. The molecule has 0 aliphatic carbocycles. The number of nitrogens with zero attached hydrogens (tertiary/aromatic N) is 3. The Bertz CT molecular complexity index is 1080. The molecule has 162 valence electrons. The van der Waals surface area contributed by atoms with Gasteiger partial charge in [0, 0.05) is 12.2 Å². The minimum absolute atomic E-state index is 0.0794. The van der Waals surface area contributed by atoms with E-state index in [-0.39, 0.29) is 23.6 Å². The fraction of sp³-hybridized carbons (Fsp3) is 0.273. The maximum atomic E-state index is 14.1. The van der Waals surface area contributed by atoms with Crippen LogP contribution in [0, 0.1) is 5.82 Å². The van der Waals surface area contributed by atoms with Crippen molar-refractivity contribution in [2.24, 2.45) is 0 Å². The molecule has 31 heavy (non-hydrogen) atoms. The molecule has 0 unspecified atom stereocenters. The molecule has 7 nitrogen and oxygen atoms in total. The summed E-state index contributed by atoms with van der Waals surface area (Å²) in [6.45, 7) is 5.97. The predicted octanol–water partition coefficient (Wildman–Crippen LogP) is 4.40. The molecule has 1 heterocycles. The molecule has 9 heteroatoms. The van der Waals surface area contributed by atoms with Crippen molar-refractivity contribution in [1.29, 1.82) is 0 Å². The molecule has 1 N–H and O–H groups in total. The number of anilines is 1. The average molecular weight is 443 g/mol. The second-order valence-corrected chi connectivity index (χ2v) is 7.84. The van der Waals surface area contributed by atoms with Crippen LogP contribution < -0.4 is 5.32 Å². The fourth-order valence-electron chi connectivity index (χ4n) is 2.86. The maximum Gasteiger partial charge on any atom is 0.338 e. The first-order valence-corrected chi connectivity index (χ1v) is 10.8. The number of ether oxygens (including phenoxy) is 1. The summed E-state index contributed by atoms with van der Waals surface area (Å²) in [4.78, 5) is 24.4. The van der Waals surface area contributed by atoms with E-state index in [2.05, 4.69) is 15.5 Å². The highest BCUT2D eigenvalue weighted by Gasteiger charge is 2.17. The number of esters is 1. The summed E-state index contributed by atoms with van der Waals surface area (Å²) in [5.74, 6) is -0.597. The van der Waals surface area contributed by atoms with Gasteiger partial charge >= 0.3 is 5.97 Å². The molecule has 0 aliphatic heterocycles. The number of amides is 1. The van der Waals surface area contributed by atoms with E-state index < -0.39 is 5.97 Å². The molecule has 0 radical (unpaired) electrons. The molecular formula is C22H23FN4O3S. The van der Waals surface area contributed by atoms with Crippen molar-refractivity contribution in [2.75, 3.05) is 11.1 Å². The van der Waals surface area contributed by atoms with Crippen LogP contribution in [0.5, 0.6) is 0 Å². The minimum atomic E-state index is -0.447. The molecule has 3 rings (SSSR count). The Labute approximate surface area is 184 Å². The van der Waals surface area contributed by atoms with E-state index in [4.69, 9.17) is 4.74 Å². The summed E-state index contributed by atoms with van der Waals surface area (Å²) in [5.41, 5.74) is 1.21. The lowest BCUT2D eigenvalue weighted by Gasteiger charge is -2.10. The highest BCUT2D eigenvalue weighted by Crippen LogP contribution is 2.26. The number of halogens is 1. The van der Waals surface area contributed by atoms with Crippen molar-refractivity contribution in [3.8, 4) is 11.4 Å². The maximum absolute atomic E-state index is 14.1. The van der Waals surface area contributed by atoms with Crippen LogP contribution in [0.1, 0.15) is 31.1 Å². The number of benzene rings is 2. The first kappa shape index (κ1) is 22.5. The lowest BCUT2D eigenvalue weighted by atomic mass is 10.2. The summed E-state index contributed by atoms with van der Waals surface area (Å²) in [6.07, 6.45) is -0.229. The largest absolute Gasteiger partial charge is 0.459 e. The van der Waals surface area contributed by atoms with Crippen molar-refractivity contribution in [3.63, 3.8) is 0 Å². The molecule has 0 fully saturated rings. The zero-order chi connectivity index (χ0) is 22.4. The van der Waals surface area contributed by atoms with Gasteiger partial charge in [-0.3, -0.25) is 4.79 Å². The van der Waals surface area contributed by atoms with Crippen LogP contribution in [0.2, 0.25) is 0 Å². The van der Waals surface area contributed by atoms with Gasteiger partial charge in [0.15, 0.2) is 11.0 Å². The Kier molecular flexibility index (Phi) is 7.41. The van der Waals surface area contributed by atoms with Gasteiger partial charge in [0.25, 0.3) is 0 Å². The molecule has 0 saturated heterocycles. The molecular weight excluding hydrogens is 419 g/mol. The second kappa shape index (κ2) is 10.2. The monoisotopic (exact) mass is 442 g/mol. The van der Waals surface area contributed by atoms with Crippen molar-refractivity contribution >= 4 is 29.3 Å². The number of carbonyl (C=O) groups is 2. The highest BCUT2D eigenvalue weighted by molar-refractivity contribution is 7.99. The third kappa shape index (κ3) is 5.69. The lowest BCUT2D eigenvalue weighted by molar-refractivity contribution is -0.113. The van der Waals surface area contributed by atoms with Crippen molar-refractivity contribution < 1.29 is 18.7 Å². The molecule has 1 aromatic heterocycles. The van der Waals surface area contributed by atoms with E-state index in [1.54, 1.807) is 60.9 Å². The van der Waals surface area contributed by atoms with Crippen molar-refractivity contribution in [3.05, 3.63) is 59.9 Å². The highest BCUT2D eigenvalue weighted by atomic mass is 32.2. The summed E-state index contributed by atoms with van der Waals surface area (Å²) in [6, 6.07) is 12.9. The molecule has 0 aliphatic rings. The Hall–Kier alpha value is -3.20. The third-order valence-electron chi connectivity index (χ3n) is 4.20. The van der Waals surface area contributed by atoms with E-state index in [0.717, 1.165) is 0 Å². The predicted molar refractivity (Wildman–Crippen MR) is 117 cm³/mol. The number of rotatable bonds is 8. The van der Waals surface area contributed by atoms with Gasteiger partial charge in [0.2, 0.25) is 5.91 Å². The number of nitrogens with one attached hydrogen (secondary N) is 1. The van der Waals surface area contributed by atoms with Crippen LogP contribution >= 0.6 is 11.8 Å². The second-order valence-electron chi connectivity index (χ2n) is 6.90. The van der Waals surface area contributed by atoms with Crippen LogP contribution in [-0.4, -0.2) is 38.5 Å². The summed E-state index contributed by atoms with van der Waals surface area (Å²) in [5, 5.41) is 11.5. The molecule has 0 spiro atoms. The van der Waals surface area contributed by atoms with Gasteiger partial charge in [-0.05, 0) is 51.1 Å². The van der Waals surface area contributed by atoms with Crippen LogP contribution in [0.3, 0.4) is 0 Å². The lowest BCUT2D eigenvalue weighted by Crippen LogP contribution is -2.16. The van der Waals surface area contributed by atoms with E-state index >= 15 is 0 Å². The van der Waals surface area contributed by atoms with Gasteiger partial charge in [-0.25, -0.2) is 9.18 Å². The average Bonchev–Trinajstić information content (AvgIpc) is 3.15. The van der Waals surface area contributed by atoms with E-state index in [1.165, 1.54) is 17.8 Å². The molecule has 3 aromatic rings. The van der Waals surface area contributed by atoms with Gasteiger partial charge < -0.3 is 14.6 Å². The Morgan fingerprint density at radius 2 is 1.94 bits per heavy atom. The van der Waals surface area contributed by atoms with Gasteiger partial charge in [0.1, 0.15) is 5.82 Å². The van der Waals surface area contributed by atoms with E-state index in [9.17, 15) is 14.0 Å². The number of aromatic nitrogens is 3. The SMILES string of the molecule is CCn1c(SCC(=O)Nc2cccc(C(=O)OC(C)C)c2)nnc1-c1ccccc1F. The smallest absolute Gasteiger partial charge is 0.338 e. The Morgan fingerprint density at radius 1 is 1.16 bits per heavy atom. The first-order chi connectivity index (χ1) is 14.9. The van der Waals surface area contributed by atoms with E-state index in [0.29, 0.717) is 34.3 Å². The summed E-state index contributed by atoms with van der Waals surface area (Å²) >= 11 is 1.20. The van der Waals surface area contributed by atoms with Gasteiger partial charge in [-0.1, -0.05) is 30.0 Å². The first-order valence-electron chi connectivity index (χ1n) is 9.80. The zero-order valence-electron chi connectivity index (χ0n) is 17.5. The molecule has 1 amide bonds. The number of carbonyl (C=O) groups excluding carboxylic acids is 2. The molecule has 0 saturated carbocycles. The van der Waals surface area contributed by atoms with Crippen molar-refractivity contribution in [2.45, 2.75) is 38.6 Å². The molecule has 0 bridgehead atoms. The molecule has 2 aromatic carbocycles. The van der Waals surface area contributed by atoms with Crippen LogP contribution in [0.4, 0.5) is 10.1 Å². The third-order valence-corrected chi connectivity index (χ3v) is 5.17. The van der Waals surface area contributed by atoms with E-state index in [1.807, 2.05) is 6.92 Å². The minimum Gasteiger partial charge on any atom is -0.459 e. The Balaban J connectivity index is 1.66. The topological polar surface area (TPSA) is 86.1 Å².